The van der Waals surface area contributed by atoms with Gasteiger partial charge in [0.05, 0.1) is 24.9 Å². The van der Waals surface area contributed by atoms with Crippen molar-refractivity contribution in [2.24, 2.45) is 0 Å². The molecule has 28 heavy (non-hydrogen) atoms. The minimum absolute atomic E-state index is 0.0395. The highest BCUT2D eigenvalue weighted by atomic mass is 32.1. The van der Waals surface area contributed by atoms with Crippen molar-refractivity contribution in [2.75, 3.05) is 27.4 Å². The van der Waals surface area contributed by atoms with Crippen molar-refractivity contribution in [1.29, 1.82) is 0 Å². The van der Waals surface area contributed by atoms with E-state index in [1.807, 2.05) is 41.8 Å². The van der Waals surface area contributed by atoms with Crippen LogP contribution in [-0.4, -0.2) is 38.3 Å². The van der Waals surface area contributed by atoms with Gasteiger partial charge in [-0.05, 0) is 36.4 Å². The Kier molecular flexibility index (Phi) is 6.86. The summed E-state index contributed by atoms with van der Waals surface area (Å²) < 4.78 is 15.8. The summed E-state index contributed by atoms with van der Waals surface area (Å²) in [5, 5.41) is 5.84. The lowest BCUT2D eigenvalue weighted by Gasteiger charge is -2.08. The van der Waals surface area contributed by atoms with E-state index in [4.69, 9.17) is 14.2 Å². The molecule has 0 radical (unpaired) electrons. The minimum atomic E-state index is -0.172. The molecule has 1 amide bonds. The molecule has 0 bridgehead atoms. The van der Waals surface area contributed by atoms with Crippen molar-refractivity contribution in [2.45, 2.75) is 6.42 Å². The molecule has 1 aromatic heterocycles. The highest BCUT2D eigenvalue weighted by molar-refractivity contribution is 7.09. The third-order valence-corrected chi connectivity index (χ3v) is 4.92. The maximum absolute atomic E-state index is 12.0. The average Bonchev–Trinajstić information content (AvgIpc) is 3.21. The van der Waals surface area contributed by atoms with Crippen LogP contribution in [0.4, 0.5) is 0 Å². The number of hydrogen-bond acceptors (Lipinski definition) is 6. The smallest absolute Gasteiger partial charge is 0.257 e. The first-order chi connectivity index (χ1) is 13.7. The summed E-state index contributed by atoms with van der Waals surface area (Å²) in [6, 6.07) is 14.9. The standard InChI is InChI=1S/C21H22N2O4S/c1-25-16-8-6-15(7-9-16)19-14-28-21(23-19)10-11-22-20(24)13-27-18-5-3-4-17(12-18)26-2/h3-9,12,14H,10-11,13H2,1-2H3,(H,22,24). The van der Waals surface area contributed by atoms with Crippen molar-refractivity contribution in [3.8, 4) is 28.5 Å². The fraction of sp³-hybridized carbons (Fsp3) is 0.238. The van der Waals surface area contributed by atoms with E-state index in [1.165, 1.54) is 0 Å². The van der Waals surface area contributed by atoms with Gasteiger partial charge in [-0.2, -0.15) is 0 Å². The lowest BCUT2D eigenvalue weighted by atomic mass is 10.2. The van der Waals surface area contributed by atoms with Crippen LogP contribution in [0, 0.1) is 0 Å². The summed E-state index contributed by atoms with van der Waals surface area (Å²) >= 11 is 1.58. The lowest BCUT2D eigenvalue weighted by Crippen LogP contribution is -2.30. The zero-order chi connectivity index (χ0) is 19.8. The largest absolute Gasteiger partial charge is 0.497 e. The van der Waals surface area contributed by atoms with E-state index >= 15 is 0 Å². The van der Waals surface area contributed by atoms with Gasteiger partial charge >= 0.3 is 0 Å². The molecule has 1 N–H and O–H groups in total. The minimum Gasteiger partial charge on any atom is -0.497 e. The Labute approximate surface area is 168 Å². The third-order valence-electron chi connectivity index (χ3n) is 4.01. The topological polar surface area (TPSA) is 69.7 Å². The SMILES string of the molecule is COc1ccc(-c2csc(CCNC(=O)COc3cccc(OC)c3)n2)cc1. The van der Waals surface area contributed by atoms with Gasteiger partial charge in [0.2, 0.25) is 0 Å². The quantitative estimate of drug-likeness (QED) is 0.597. The third kappa shape index (κ3) is 5.47. The molecule has 0 fully saturated rings. The van der Waals surface area contributed by atoms with Crippen LogP contribution in [0.1, 0.15) is 5.01 Å². The van der Waals surface area contributed by atoms with E-state index in [-0.39, 0.29) is 12.5 Å². The maximum atomic E-state index is 12.0. The average molecular weight is 398 g/mol. The van der Waals surface area contributed by atoms with E-state index in [0.717, 1.165) is 22.0 Å². The van der Waals surface area contributed by atoms with Gasteiger partial charge in [0.1, 0.15) is 17.2 Å². The summed E-state index contributed by atoms with van der Waals surface area (Å²) in [5.41, 5.74) is 1.97. The molecule has 0 aliphatic heterocycles. The predicted molar refractivity (Wildman–Crippen MR) is 109 cm³/mol. The van der Waals surface area contributed by atoms with Crippen molar-refractivity contribution < 1.29 is 19.0 Å². The van der Waals surface area contributed by atoms with Crippen LogP contribution in [0.2, 0.25) is 0 Å². The fourth-order valence-corrected chi connectivity index (χ4v) is 3.33. The summed E-state index contributed by atoms with van der Waals surface area (Å²) in [6.07, 6.45) is 0.672. The monoisotopic (exact) mass is 398 g/mol. The molecule has 6 nitrogen and oxygen atoms in total. The Balaban J connectivity index is 1.43. The Morgan fingerprint density at radius 2 is 1.79 bits per heavy atom. The second-order valence-electron chi connectivity index (χ2n) is 5.92. The van der Waals surface area contributed by atoms with Gasteiger partial charge in [-0.25, -0.2) is 4.98 Å². The van der Waals surface area contributed by atoms with E-state index in [1.54, 1.807) is 37.7 Å². The first-order valence-corrected chi connectivity index (χ1v) is 9.68. The van der Waals surface area contributed by atoms with Gasteiger partial charge in [0.15, 0.2) is 6.61 Å². The van der Waals surface area contributed by atoms with E-state index in [9.17, 15) is 4.79 Å². The lowest BCUT2D eigenvalue weighted by molar-refractivity contribution is -0.123. The molecule has 1 heterocycles. The molecule has 2 aromatic carbocycles. The van der Waals surface area contributed by atoms with Crippen LogP contribution in [0.3, 0.4) is 0 Å². The Bertz CT molecular complexity index is 909. The van der Waals surface area contributed by atoms with E-state index < -0.39 is 0 Å². The molecule has 3 aromatic rings. The number of carbonyl (C=O) groups is 1. The zero-order valence-corrected chi connectivity index (χ0v) is 16.6. The number of nitrogens with one attached hydrogen (secondary N) is 1. The first kappa shape index (κ1) is 19.7. The van der Waals surface area contributed by atoms with Gasteiger partial charge in [-0.1, -0.05) is 6.07 Å². The second kappa shape index (κ2) is 9.75. The van der Waals surface area contributed by atoms with Gasteiger partial charge in [0, 0.05) is 30.0 Å². The molecule has 0 saturated heterocycles. The molecule has 7 heteroatoms. The van der Waals surface area contributed by atoms with Crippen LogP contribution in [0.25, 0.3) is 11.3 Å². The van der Waals surface area contributed by atoms with Crippen LogP contribution >= 0.6 is 11.3 Å². The van der Waals surface area contributed by atoms with Gasteiger partial charge in [-0.15, -0.1) is 11.3 Å². The highest BCUT2D eigenvalue weighted by Crippen LogP contribution is 2.24. The number of methoxy groups -OCH3 is 2. The van der Waals surface area contributed by atoms with Crippen LogP contribution in [-0.2, 0) is 11.2 Å². The maximum Gasteiger partial charge on any atom is 0.257 e. The number of amides is 1. The Morgan fingerprint density at radius 3 is 2.54 bits per heavy atom. The fourth-order valence-electron chi connectivity index (χ4n) is 2.52. The molecule has 0 saturated carbocycles. The molecule has 0 atom stereocenters. The predicted octanol–water partition coefficient (Wildman–Crippen LogP) is 3.57. The molecule has 0 aliphatic rings. The summed E-state index contributed by atoms with van der Waals surface area (Å²) in [4.78, 5) is 16.6. The molecular weight excluding hydrogens is 376 g/mol. The van der Waals surface area contributed by atoms with Crippen LogP contribution < -0.4 is 19.5 Å². The summed E-state index contributed by atoms with van der Waals surface area (Å²) in [6.45, 7) is 0.470. The number of aromatic nitrogens is 1. The normalized spacial score (nSPS) is 10.4. The van der Waals surface area contributed by atoms with Crippen molar-refractivity contribution in [3.63, 3.8) is 0 Å². The number of nitrogens with zero attached hydrogens (tertiary/aromatic N) is 1. The molecule has 0 unspecified atom stereocenters. The summed E-state index contributed by atoms with van der Waals surface area (Å²) in [5.74, 6) is 1.93. The van der Waals surface area contributed by atoms with E-state index in [0.29, 0.717) is 24.5 Å². The van der Waals surface area contributed by atoms with Crippen molar-refractivity contribution >= 4 is 17.2 Å². The molecule has 0 aliphatic carbocycles. The Hall–Kier alpha value is -3.06. The molecule has 3 rings (SSSR count). The van der Waals surface area contributed by atoms with Gasteiger partial charge in [0.25, 0.3) is 5.91 Å². The van der Waals surface area contributed by atoms with Crippen molar-refractivity contribution in [1.82, 2.24) is 10.3 Å². The number of ether oxygens (including phenoxy) is 3. The number of benzene rings is 2. The number of rotatable bonds is 9. The second-order valence-corrected chi connectivity index (χ2v) is 6.87. The molecule has 0 spiro atoms. The van der Waals surface area contributed by atoms with Gasteiger partial charge in [-0.3, -0.25) is 4.79 Å². The number of thiazole rings is 1. The highest BCUT2D eigenvalue weighted by Gasteiger charge is 2.07. The number of hydrogen-bond donors (Lipinski definition) is 1. The van der Waals surface area contributed by atoms with Crippen LogP contribution in [0.5, 0.6) is 17.2 Å². The van der Waals surface area contributed by atoms with Crippen LogP contribution in [0.15, 0.2) is 53.9 Å². The first-order valence-electron chi connectivity index (χ1n) is 8.80. The Morgan fingerprint density at radius 1 is 1.04 bits per heavy atom. The molecule has 146 valence electrons. The van der Waals surface area contributed by atoms with E-state index in [2.05, 4.69) is 10.3 Å². The number of carbonyl (C=O) groups excluding carboxylic acids is 1. The molecular formula is C21H22N2O4S. The zero-order valence-electron chi connectivity index (χ0n) is 15.8. The van der Waals surface area contributed by atoms with Gasteiger partial charge < -0.3 is 19.5 Å². The summed E-state index contributed by atoms with van der Waals surface area (Å²) in [7, 11) is 3.23. The van der Waals surface area contributed by atoms with Crippen molar-refractivity contribution in [3.05, 3.63) is 58.9 Å².